The molecular formula is C31H43N3O7. The number of carbonyl (C=O) groups is 2. The van der Waals surface area contributed by atoms with E-state index in [0.717, 1.165) is 30.5 Å². The van der Waals surface area contributed by atoms with Gasteiger partial charge in [0.15, 0.2) is 11.5 Å². The molecule has 0 saturated carbocycles. The van der Waals surface area contributed by atoms with E-state index in [4.69, 9.17) is 18.9 Å². The average Bonchev–Trinajstić information content (AvgIpc) is 3.29. The molecule has 2 heterocycles. The molecule has 0 spiro atoms. The minimum atomic E-state index is -1.28. The summed E-state index contributed by atoms with van der Waals surface area (Å²) >= 11 is 0. The Bertz CT molecular complexity index is 1160. The van der Waals surface area contributed by atoms with Crippen molar-refractivity contribution in [1.82, 2.24) is 14.7 Å². The van der Waals surface area contributed by atoms with Crippen LogP contribution in [-0.4, -0.2) is 111 Å². The molecule has 1 atom stereocenters. The molecule has 2 aliphatic rings. The number of benzene rings is 2. The van der Waals surface area contributed by atoms with E-state index in [1.54, 1.807) is 12.0 Å². The number of hydrogen-bond donors (Lipinski definition) is 1. The smallest absolute Gasteiger partial charge is 0.248 e. The topological polar surface area (TPSA) is 101 Å². The first kappa shape index (κ1) is 30.6. The highest BCUT2D eigenvalue weighted by Crippen LogP contribution is 2.29. The molecular weight excluding hydrogens is 526 g/mol. The van der Waals surface area contributed by atoms with Gasteiger partial charge in [0.2, 0.25) is 11.8 Å². The lowest BCUT2D eigenvalue weighted by atomic mass is 10.0. The molecule has 4 rings (SSSR count). The Morgan fingerprint density at radius 3 is 2.51 bits per heavy atom. The van der Waals surface area contributed by atoms with Crippen LogP contribution in [0.15, 0.2) is 42.5 Å². The van der Waals surface area contributed by atoms with Crippen LogP contribution in [0.5, 0.6) is 17.2 Å². The van der Waals surface area contributed by atoms with Crippen molar-refractivity contribution in [1.29, 1.82) is 0 Å². The molecule has 10 nitrogen and oxygen atoms in total. The van der Waals surface area contributed by atoms with Crippen molar-refractivity contribution in [2.75, 3.05) is 73.3 Å². The van der Waals surface area contributed by atoms with Crippen LogP contribution in [0.3, 0.4) is 0 Å². The zero-order chi connectivity index (χ0) is 29.2. The van der Waals surface area contributed by atoms with Gasteiger partial charge in [0, 0.05) is 52.8 Å². The maximum atomic E-state index is 12.7. The van der Waals surface area contributed by atoms with Gasteiger partial charge in [-0.1, -0.05) is 23.8 Å². The minimum absolute atomic E-state index is 0.0398. The number of methoxy groups -OCH3 is 2. The molecule has 2 saturated heterocycles. The average molecular weight is 570 g/mol. The summed E-state index contributed by atoms with van der Waals surface area (Å²) in [5.74, 6) is 2.01. The summed E-state index contributed by atoms with van der Waals surface area (Å²) in [6.45, 7) is 6.11. The number of ether oxygens (including phenoxy) is 4. The molecule has 10 heteroatoms. The minimum Gasteiger partial charge on any atom is -0.493 e. The fraction of sp³-hybridized carbons (Fsp3) is 0.548. The summed E-state index contributed by atoms with van der Waals surface area (Å²) in [4.78, 5) is 30.2. The monoisotopic (exact) mass is 569 g/mol. The second kappa shape index (κ2) is 14.5. The largest absolute Gasteiger partial charge is 0.493 e. The second-order valence-electron chi connectivity index (χ2n) is 11.0. The van der Waals surface area contributed by atoms with Crippen LogP contribution in [0.25, 0.3) is 0 Å². The highest BCUT2D eigenvalue weighted by Gasteiger charge is 2.37. The van der Waals surface area contributed by atoms with Gasteiger partial charge in [-0.25, -0.2) is 0 Å². The van der Waals surface area contributed by atoms with E-state index in [2.05, 4.69) is 4.90 Å². The second-order valence-corrected chi connectivity index (χ2v) is 11.0. The van der Waals surface area contributed by atoms with Crippen molar-refractivity contribution >= 4 is 11.8 Å². The molecule has 0 unspecified atom stereocenters. The van der Waals surface area contributed by atoms with Crippen LogP contribution >= 0.6 is 0 Å². The van der Waals surface area contributed by atoms with Crippen LogP contribution in [-0.2, 0) is 20.9 Å². The van der Waals surface area contributed by atoms with Crippen LogP contribution in [0.4, 0.5) is 0 Å². The van der Waals surface area contributed by atoms with Gasteiger partial charge < -0.3 is 33.9 Å². The lowest BCUT2D eigenvalue weighted by Gasteiger charge is -2.33. The van der Waals surface area contributed by atoms with E-state index in [9.17, 15) is 14.7 Å². The molecule has 2 aliphatic heterocycles. The molecule has 0 radical (unpaired) electrons. The number of aryl methyl sites for hydroxylation is 1. The van der Waals surface area contributed by atoms with Gasteiger partial charge in [0.05, 0.1) is 20.3 Å². The van der Waals surface area contributed by atoms with Crippen molar-refractivity contribution < 1.29 is 33.6 Å². The quantitative estimate of drug-likeness (QED) is 0.368. The number of carbonyl (C=O) groups excluding carboxylic acids is 2. The van der Waals surface area contributed by atoms with Crippen LogP contribution in [0.1, 0.15) is 30.4 Å². The van der Waals surface area contributed by atoms with Gasteiger partial charge in [0.25, 0.3) is 0 Å². The molecule has 0 aromatic heterocycles. The van der Waals surface area contributed by atoms with Crippen molar-refractivity contribution in [3.8, 4) is 17.2 Å². The van der Waals surface area contributed by atoms with E-state index in [-0.39, 0.29) is 31.6 Å². The molecule has 2 amide bonds. The Morgan fingerprint density at radius 2 is 1.80 bits per heavy atom. The first-order valence-electron chi connectivity index (χ1n) is 14.3. The molecule has 41 heavy (non-hydrogen) atoms. The number of likely N-dealkylation sites (tertiary alicyclic amines) is 1. The maximum absolute atomic E-state index is 12.7. The normalized spacial score (nSPS) is 19.8. The van der Waals surface area contributed by atoms with E-state index < -0.39 is 5.60 Å². The summed E-state index contributed by atoms with van der Waals surface area (Å²) in [5.41, 5.74) is 0.836. The van der Waals surface area contributed by atoms with Gasteiger partial charge in [-0.05, 0) is 49.6 Å². The third kappa shape index (κ3) is 8.82. The summed E-state index contributed by atoms with van der Waals surface area (Å²) in [5, 5.41) is 11.7. The zero-order valence-electron chi connectivity index (χ0n) is 24.5. The lowest BCUT2D eigenvalue weighted by molar-refractivity contribution is -0.138. The Balaban J connectivity index is 1.39. The summed E-state index contributed by atoms with van der Waals surface area (Å²) in [6, 6.07) is 13.5. The SMILES string of the molecule is COCC(=O)N1CCN(Cc2ccc(OCCCN3CCCC3=O)c(OC)c2)C[C@@](O)(COc2ccc(C)cc2)C1. The lowest BCUT2D eigenvalue weighted by Crippen LogP contribution is -2.52. The molecule has 2 fully saturated rings. The molecule has 0 aliphatic carbocycles. The van der Waals surface area contributed by atoms with Gasteiger partial charge in [-0.3, -0.25) is 14.5 Å². The summed E-state index contributed by atoms with van der Waals surface area (Å²) < 4.78 is 22.6. The highest BCUT2D eigenvalue weighted by molar-refractivity contribution is 5.78. The number of aliphatic hydroxyl groups is 1. The Labute approximate surface area is 242 Å². The zero-order valence-corrected chi connectivity index (χ0v) is 24.5. The van der Waals surface area contributed by atoms with Gasteiger partial charge >= 0.3 is 0 Å². The third-order valence-corrected chi connectivity index (χ3v) is 7.47. The van der Waals surface area contributed by atoms with Crippen molar-refractivity contribution in [3.05, 3.63) is 53.6 Å². The molecule has 2 aromatic carbocycles. The predicted octanol–water partition coefficient (Wildman–Crippen LogP) is 2.50. The maximum Gasteiger partial charge on any atom is 0.248 e. The van der Waals surface area contributed by atoms with E-state index >= 15 is 0 Å². The number of β-amino-alcohol motifs (C(OH)–C–C–N with tert-alkyl or cyclic N) is 1. The summed E-state index contributed by atoms with van der Waals surface area (Å²) in [6.07, 6.45) is 2.34. The molecule has 2 aromatic rings. The van der Waals surface area contributed by atoms with Crippen molar-refractivity contribution in [3.63, 3.8) is 0 Å². The van der Waals surface area contributed by atoms with E-state index in [1.165, 1.54) is 7.11 Å². The van der Waals surface area contributed by atoms with Gasteiger partial charge in [-0.2, -0.15) is 0 Å². The van der Waals surface area contributed by atoms with E-state index in [0.29, 0.717) is 63.0 Å². The Kier molecular flexibility index (Phi) is 10.8. The number of amides is 2. The molecule has 0 bridgehead atoms. The van der Waals surface area contributed by atoms with Crippen molar-refractivity contribution in [2.45, 2.75) is 38.3 Å². The standard InChI is InChI=1S/C31H43N3O7/c1-24-7-10-26(11-8-24)41-23-31(37)21-32(15-16-34(22-31)30(36)20-38-2)19-25-9-12-27(28(18-25)39-3)40-17-5-14-33-13-4-6-29(33)35/h7-12,18,37H,4-6,13-17,19-23H2,1-3H3/t31-/m0/s1. The van der Waals surface area contributed by atoms with Gasteiger partial charge in [-0.15, -0.1) is 0 Å². The van der Waals surface area contributed by atoms with Crippen LogP contribution < -0.4 is 14.2 Å². The van der Waals surface area contributed by atoms with Crippen LogP contribution in [0.2, 0.25) is 0 Å². The van der Waals surface area contributed by atoms with E-state index in [1.807, 2.05) is 54.3 Å². The number of nitrogens with zero attached hydrogens (tertiary/aromatic N) is 3. The fourth-order valence-electron chi connectivity index (χ4n) is 5.31. The highest BCUT2D eigenvalue weighted by atomic mass is 16.5. The summed E-state index contributed by atoms with van der Waals surface area (Å²) in [7, 11) is 3.10. The first-order valence-corrected chi connectivity index (χ1v) is 14.3. The molecule has 224 valence electrons. The van der Waals surface area contributed by atoms with Gasteiger partial charge in [0.1, 0.15) is 24.6 Å². The van der Waals surface area contributed by atoms with Crippen LogP contribution in [0, 0.1) is 6.92 Å². The Morgan fingerprint density at radius 1 is 1.00 bits per heavy atom. The number of rotatable bonds is 13. The fourth-order valence-corrected chi connectivity index (χ4v) is 5.31. The molecule has 1 N–H and O–H groups in total. The Hall–Kier alpha value is -3.34. The van der Waals surface area contributed by atoms with Crippen molar-refractivity contribution in [2.24, 2.45) is 0 Å². The third-order valence-electron chi connectivity index (χ3n) is 7.47. The first-order chi connectivity index (χ1) is 19.8. The predicted molar refractivity (Wildman–Crippen MR) is 154 cm³/mol. The number of hydrogen-bond acceptors (Lipinski definition) is 8.